The van der Waals surface area contributed by atoms with E-state index in [1.54, 1.807) is 19.1 Å². The number of nitrogens with zero attached hydrogens (tertiary/aromatic N) is 2. The lowest BCUT2D eigenvalue weighted by Crippen LogP contribution is -2.31. The van der Waals surface area contributed by atoms with Crippen LogP contribution in [0.4, 0.5) is 4.39 Å². The summed E-state index contributed by atoms with van der Waals surface area (Å²) in [7, 11) is 0. The Morgan fingerprint density at radius 3 is 2.91 bits per heavy atom. The maximum absolute atomic E-state index is 13.3. The third-order valence-electron chi connectivity index (χ3n) is 3.32. The molecule has 1 amide bonds. The zero-order valence-corrected chi connectivity index (χ0v) is 13.4. The van der Waals surface area contributed by atoms with Crippen molar-refractivity contribution in [3.8, 4) is 11.4 Å². The normalized spacial score (nSPS) is 10.7. The number of rotatable bonds is 8. The van der Waals surface area contributed by atoms with Crippen LogP contribution in [0.25, 0.3) is 11.4 Å². The third-order valence-corrected chi connectivity index (χ3v) is 3.32. The van der Waals surface area contributed by atoms with Gasteiger partial charge < -0.3 is 15.2 Å². The van der Waals surface area contributed by atoms with Crippen molar-refractivity contribution in [2.24, 2.45) is 0 Å². The highest BCUT2D eigenvalue weighted by atomic mass is 19.1. The summed E-state index contributed by atoms with van der Waals surface area (Å²) in [4.78, 5) is 15.9. The Hall–Kier alpha value is -2.28. The second-order valence-electron chi connectivity index (χ2n) is 5.18. The maximum atomic E-state index is 13.3. The fourth-order valence-corrected chi connectivity index (χ4v) is 2.03. The van der Waals surface area contributed by atoms with Crippen LogP contribution in [0.5, 0.6) is 0 Å². The van der Waals surface area contributed by atoms with Gasteiger partial charge in [-0.15, -0.1) is 0 Å². The number of carbonyl (C=O) groups excluding carboxylic acids is 1. The minimum atomic E-state index is -0.272. The molecule has 0 spiro atoms. The van der Waals surface area contributed by atoms with Crippen molar-refractivity contribution in [1.29, 1.82) is 0 Å². The van der Waals surface area contributed by atoms with Gasteiger partial charge in [-0.3, -0.25) is 4.79 Å². The molecule has 6 nitrogen and oxygen atoms in total. The maximum Gasteiger partial charge on any atom is 0.227 e. The van der Waals surface area contributed by atoms with Crippen LogP contribution < -0.4 is 10.6 Å². The molecule has 7 heteroatoms. The van der Waals surface area contributed by atoms with Gasteiger partial charge in [0.15, 0.2) is 0 Å². The number of hydrogen-bond donors (Lipinski definition) is 2. The molecule has 1 aromatic carbocycles. The predicted molar refractivity (Wildman–Crippen MR) is 84.3 cm³/mol. The number of hydrogen-bond acceptors (Lipinski definition) is 5. The van der Waals surface area contributed by atoms with Crippen LogP contribution >= 0.6 is 0 Å². The molecular weight excluding hydrogens is 299 g/mol. The molecule has 0 radical (unpaired) electrons. The van der Waals surface area contributed by atoms with Gasteiger partial charge in [-0.2, -0.15) is 4.98 Å². The van der Waals surface area contributed by atoms with Crippen LogP contribution in [0.2, 0.25) is 0 Å². The number of likely N-dealkylation sites (N-methyl/N-ethyl adjacent to an activating group) is 1. The molecule has 2 rings (SSSR count). The van der Waals surface area contributed by atoms with Crippen LogP contribution in [0, 0.1) is 12.7 Å². The Balaban J connectivity index is 1.85. The largest absolute Gasteiger partial charge is 0.355 e. The minimum absolute atomic E-state index is 0.0553. The first-order valence-electron chi connectivity index (χ1n) is 7.66. The molecule has 23 heavy (non-hydrogen) atoms. The first-order valence-corrected chi connectivity index (χ1v) is 7.66. The molecule has 0 atom stereocenters. The topological polar surface area (TPSA) is 80.0 Å². The fraction of sp³-hybridized carbons (Fsp3) is 0.438. The molecule has 1 heterocycles. The quantitative estimate of drug-likeness (QED) is 0.726. The summed E-state index contributed by atoms with van der Waals surface area (Å²) in [6, 6.07) is 4.64. The molecule has 0 saturated carbocycles. The van der Waals surface area contributed by atoms with E-state index in [2.05, 4.69) is 20.8 Å². The Morgan fingerprint density at radius 2 is 2.17 bits per heavy atom. The molecule has 2 aromatic rings. The van der Waals surface area contributed by atoms with Crippen molar-refractivity contribution in [1.82, 2.24) is 20.8 Å². The minimum Gasteiger partial charge on any atom is -0.355 e. The molecule has 0 unspecified atom stereocenters. The highest BCUT2D eigenvalue weighted by Crippen LogP contribution is 2.19. The SMILES string of the molecule is CCNCCNC(=O)CCc1nc(-c2ccc(F)c(C)c2)no1. The second kappa shape index (κ2) is 8.38. The van der Waals surface area contributed by atoms with Crippen LogP contribution in [0.3, 0.4) is 0 Å². The predicted octanol–water partition coefficient (Wildman–Crippen LogP) is 1.84. The Morgan fingerprint density at radius 1 is 1.35 bits per heavy atom. The highest BCUT2D eigenvalue weighted by Gasteiger charge is 2.11. The fourth-order valence-electron chi connectivity index (χ4n) is 2.03. The van der Waals surface area contributed by atoms with Crippen LogP contribution in [-0.4, -0.2) is 35.7 Å². The lowest BCUT2D eigenvalue weighted by molar-refractivity contribution is -0.121. The van der Waals surface area contributed by atoms with Crippen molar-refractivity contribution in [2.75, 3.05) is 19.6 Å². The lowest BCUT2D eigenvalue weighted by atomic mass is 10.1. The summed E-state index contributed by atoms with van der Waals surface area (Å²) in [6.45, 7) is 5.91. The van der Waals surface area contributed by atoms with Crippen LogP contribution in [0.1, 0.15) is 24.8 Å². The number of aromatic nitrogens is 2. The van der Waals surface area contributed by atoms with Gasteiger partial charge in [-0.25, -0.2) is 4.39 Å². The Bertz CT molecular complexity index is 657. The van der Waals surface area contributed by atoms with Gasteiger partial charge in [0, 0.05) is 31.5 Å². The highest BCUT2D eigenvalue weighted by molar-refractivity contribution is 5.76. The summed E-state index contributed by atoms with van der Waals surface area (Å²) >= 11 is 0. The van der Waals surface area contributed by atoms with Gasteiger partial charge in [0.2, 0.25) is 17.6 Å². The molecular formula is C16H21FN4O2. The van der Waals surface area contributed by atoms with Gasteiger partial charge in [0.25, 0.3) is 0 Å². The van der Waals surface area contributed by atoms with Crippen molar-refractivity contribution < 1.29 is 13.7 Å². The number of nitrogens with one attached hydrogen (secondary N) is 2. The van der Waals surface area contributed by atoms with Crippen molar-refractivity contribution >= 4 is 5.91 Å². The van der Waals surface area contributed by atoms with Crippen molar-refractivity contribution in [2.45, 2.75) is 26.7 Å². The average Bonchev–Trinajstić information content (AvgIpc) is 3.01. The Labute approximate surface area is 134 Å². The van der Waals surface area contributed by atoms with Gasteiger partial charge in [0.1, 0.15) is 5.82 Å². The number of halogens is 1. The number of carbonyl (C=O) groups is 1. The molecule has 124 valence electrons. The molecule has 0 aliphatic heterocycles. The molecule has 2 N–H and O–H groups in total. The first kappa shape index (κ1) is 17.1. The standard InChI is InChI=1S/C16H21FN4O2/c1-3-18-8-9-19-14(22)6-7-15-20-16(21-23-15)12-4-5-13(17)11(2)10-12/h4-5,10,18H,3,6-9H2,1-2H3,(H,19,22). The molecule has 0 bridgehead atoms. The van der Waals surface area contributed by atoms with E-state index in [4.69, 9.17) is 4.52 Å². The van der Waals surface area contributed by atoms with Crippen molar-refractivity contribution in [3.05, 3.63) is 35.5 Å². The molecule has 0 aliphatic rings. The third kappa shape index (κ3) is 5.14. The zero-order valence-electron chi connectivity index (χ0n) is 13.4. The van der Waals surface area contributed by atoms with E-state index < -0.39 is 0 Å². The van der Waals surface area contributed by atoms with Crippen LogP contribution in [0.15, 0.2) is 22.7 Å². The van der Waals surface area contributed by atoms with E-state index in [0.717, 1.165) is 13.1 Å². The number of amides is 1. The smallest absolute Gasteiger partial charge is 0.227 e. The lowest BCUT2D eigenvalue weighted by Gasteiger charge is -2.04. The summed E-state index contributed by atoms with van der Waals surface area (Å²) < 4.78 is 18.4. The number of benzene rings is 1. The van der Waals surface area contributed by atoms with Crippen LogP contribution in [-0.2, 0) is 11.2 Å². The Kier molecular flexibility index (Phi) is 6.22. The van der Waals surface area contributed by atoms with Gasteiger partial charge in [0.05, 0.1) is 0 Å². The summed E-state index contributed by atoms with van der Waals surface area (Å²) in [6.07, 6.45) is 0.663. The molecule has 0 fully saturated rings. The average molecular weight is 320 g/mol. The molecule has 1 aromatic heterocycles. The zero-order chi connectivity index (χ0) is 16.7. The first-order chi connectivity index (χ1) is 11.1. The van der Waals surface area contributed by atoms with E-state index in [1.165, 1.54) is 6.07 Å². The van der Waals surface area contributed by atoms with Gasteiger partial charge >= 0.3 is 0 Å². The monoisotopic (exact) mass is 320 g/mol. The van der Waals surface area contributed by atoms with Gasteiger partial charge in [-0.05, 0) is 37.2 Å². The van der Waals surface area contributed by atoms with E-state index >= 15 is 0 Å². The molecule has 0 aliphatic carbocycles. The summed E-state index contributed by atoms with van der Waals surface area (Å²) in [5.41, 5.74) is 1.21. The summed E-state index contributed by atoms with van der Waals surface area (Å²) in [5, 5.41) is 9.80. The second-order valence-corrected chi connectivity index (χ2v) is 5.18. The molecule has 0 saturated heterocycles. The van der Waals surface area contributed by atoms with E-state index in [1.807, 2.05) is 6.92 Å². The van der Waals surface area contributed by atoms with Crippen molar-refractivity contribution in [3.63, 3.8) is 0 Å². The van der Waals surface area contributed by atoms with E-state index in [9.17, 15) is 9.18 Å². The number of aryl methyl sites for hydroxylation is 2. The van der Waals surface area contributed by atoms with Gasteiger partial charge in [-0.1, -0.05) is 12.1 Å². The van der Waals surface area contributed by atoms with E-state index in [0.29, 0.717) is 35.8 Å². The van der Waals surface area contributed by atoms with E-state index in [-0.39, 0.29) is 18.1 Å². The summed E-state index contributed by atoms with van der Waals surface area (Å²) in [5.74, 6) is 0.464.